The number of hydroxylamine groups is 2. The average molecular weight is 310 g/mol. The SMILES string of the molecule is CC(C)(CCCCC(C)(C)NN1C=CCO1)NN1C=CCO1. The van der Waals surface area contributed by atoms with Crippen LogP contribution in [0.4, 0.5) is 0 Å². The topological polar surface area (TPSA) is 49.0 Å². The highest BCUT2D eigenvalue weighted by Crippen LogP contribution is 2.20. The molecular formula is C16H30N4O2. The molecule has 6 nitrogen and oxygen atoms in total. The summed E-state index contributed by atoms with van der Waals surface area (Å²) in [5, 5.41) is 3.42. The first-order valence-corrected chi connectivity index (χ1v) is 8.10. The highest BCUT2D eigenvalue weighted by atomic mass is 16.7. The first kappa shape index (κ1) is 17.3. The number of hydrogen-bond donors (Lipinski definition) is 2. The van der Waals surface area contributed by atoms with Gasteiger partial charge in [-0.2, -0.15) is 10.3 Å². The maximum Gasteiger partial charge on any atom is 0.0965 e. The van der Waals surface area contributed by atoms with Gasteiger partial charge in [0.15, 0.2) is 0 Å². The molecule has 0 amide bonds. The van der Waals surface area contributed by atoms with Crippen LogP contribution in [-0.4, -0.2) is 34.6 Å². The summed E-state index contributed by atoms with van der Waals surface area (Å²) >= 11 is 0. The first-order valence-electron chi connectivity index (χ1n) is 8.10. The molecule has 2 aliphatic rings. The Balaban J connectivity index is 1.62. The Kier molecular flexibility index (Phi) is 5.86. The summed E-state index contributed by atoms with van der Waals surface area (Å²) in [7, 11) is 0. The second kappa shape index (κ2) is 7.46. The minimum atomic E-state index is 0.0209. The van der Waals surface area contributed by atoms with Crippen molar-refractivity contribution < 1.29 is 9.68 Å². The molecular weight excluding hydrogens is 280 g/mol. The molecule has 0 bridgehead atoms. The summed E-state index contributed by atoms with van der Waals surface area (Å²) in [4.78, 5) is 10.8. The lowest BCUT2D eigenvalue weighted by molar-refractivity contribution is -0.150. The number of nitrogens with zero attached hydrogens (tertiary/aromatic N) is 2. The van der Waals surface area contributed by atoms with E-state index in [1.807, 2.05) is 24.6 Å². The number of hydrazine groups is 2. The summed E-state index contributed by atoms with van der Waals surface area (Å²) in [6, 6.07) is 0. The summed E-state index contributed by atoms with van der Waals surface area (Å²) in [5.74, 6) is 0. The molecule has 0 fully saturated rings. The van der Waals surface area contributed by atoms with Gasteiger partial charge in [0.05, 0.1) is 13.2 Å². The van der Waals surface area contributed by atoms with E-state index in [-0.39, 0.29) is 11.1 Å². The van der Waals surface area contributed by atoms with Crippen molar-refractivity contribution in [2.75, 3.05) is 13.2 Å². The van der Waals surface area contributed by atoms with E-state index in [0.29, 0.717) is 13.2 Å². The van der Waals surface area contributed by atoms with E-state index in [2.05, 4.69) is 38.5 Å². The predicted molar refractivity (Wildman–Crippen MR) is 86.8 cm³/mol. The van der Waals surface area contributed by atoms with E-state index < -0.39 is 0 Å². The molecule has 0 aromatic heterocycles. The van der Waals surface area contributed by atoms with Crippen LogP contribution in [0.2, 0.25) is 0 Å². The van der Waals surface area contributed by atoms with Crippen LogP contribution in [0.3, 0.4) is 0 Å². The molecule has 0 spiro atoms. The Hall–Kier alpha value is -1.08. The first-order chi connectivity index (χ1) is 10.4. The van der Waals surface area contributed by atoms with Gasteiger partial charge in [0.2, 0.25) is 0 Å². The lowest BCUT2D eigenvalue weighted by Gasteiger charge is -2.32. The fraction of sp³-hybridized carbons (Fsp3) is 0.750. The van der Waals surface area contributed by atoms with Crippen LogP contribution < -0.4 is 10.9 Å². The fourth-order valence-electron chi connectivity index (χ4n) is 2.59. The fourth-order valence-corrected chi connectivity index (χ4v) is 2.59. The maximum absolute atomic E-state index is 5.40. The third-order valence-electron chi connectivity index (χ3n) is 3.78. The van der Waals surface area contributed by atoms with Gasteiger partial charge in [0.25, 0.3) is 0 Å². The molecule has 0 aromatic carbocycles. The van der Waals surface area contributed by atoms with Crippen molar-refractivity contribution >= 4 is 0 Å². The minimum absolute atomic E-state index is 0.0209. The quantitative estimate of drug-likeness (QED) is 0.639. The third kappa shape index (κ3) is 5.96. The van der Waals surface area contributed by atoms with Crippen LogP contribution in [0, 0.1) is 0 Å². The number of nitrogens with one attached hydrogen (secondary N) is 2. The van der Waals surface area contributed by atoms with Crippen molar-refractivity contribution in [1.82, 2.24) is 21.2 Å². The second-order valence-electron chi connectivity index (χ2n) is 7.21. The molecule has 126 valence electrons. The summed E-state index contributed by atoms with van der Waals surface area (Å²) < 4.78 is 0. The van der Waals surface area contributed by atoms with Gasteiger partial charge in [-0.1, -0.05) is 12.8 Å². The van der Waals surface area contributed by atoms with Crippen LogP contribution in [-0.2, 0) is 9.68 Å². The highest BCUT2D eigenvalue weighted by Gasteiger charge is 2.23. The van der Waals surface area contributed by atoms with Crippen molar-refractivity contribution in [2.45, 2.75) is 64.5 Å². The monoisotopic (exact) mass is 310 g/mol. The van der Waals surface area contributed by atoms with E-state index in [0.717, 1.165) is 12.8 Å². The largest absolute Gasteiger partial charge is 0.254 e. The molecule has 0 aliphatic carbocycles. The molecule has 22 heavy (non-hydrogen) atoms. The van der Waals surface area contributed by atoms with Crippen LogP contribution in [0.15, 0.2) is 24.6 Å². The van der Waals surface area contributed by atoms with Gasteiger partial charge in [-0.15, -0.1) is 0 Å². The molecule has 2 aliphatic heterocycles. The zero-order valence-electron chi connectivity index (χ0n) is 14.3. The predicted octanol–water partition coefficient (Wildman–Crippen LogP) is 2.64. The smallest absolute Gasteiger partial charge is 0.0965 e. The molecule has 2 rings (SSSR count). The lowest BCUT2D eigenvalue weighted by atomic mass is 9.93. The van der Waals surface area contributed by atoms with Gasteiger partial charge in [-0.25, -0.2) is 10.9 Å². The molecule has 0 aromatic rings. The van der Waals surface area contributed by atoms with Crippen molar-refractivity contribution in [2.24, 2.45) is 0 Å². The van der Waals surface area contributed by atoms with Gasteiger partial charge >= 0.3 is 0 Å². The van der Waals surface area contributed by atoms with Crippen LogP contribution >= 0.6 is 0 Å². The standard InChI is InChI=1S/C16H30N4O2/c1-15(2,17-19-11-7-13-21-19)9-5-6-10-16(3,4)18-20-12-8-14-22-20/h7-8,11-12,17-18H,5-6,9-10,13-14H2,1-4H3. The summed E-state index contributed by atoms with van der Waals surface area (Å²) in [5.41, 5.74) is 6.81. The highest BCUT2D eigenvalue weighted by molar-refractivity contribution is 4.87. The number of rotatable bonds is 9. The molecule has 0 saturated heterocycles. The van der Waals surface area contributed by atoms with E-state index in [1.165, 1.54) is 12.8 Å². The van der Waals surface area contributed by atoms with Crippen LogP contribution in [0.25, 0.3) is 0 Å². The normalized spacial score (nSPS) is 18.7. The second-order valence-corrected chi connectivity index (χ2v) is 7.21. The van der Waals surface area contributed by atoms with E-state index in [4.69, 9.17) is 9.68 Å². The Bertz CT molecular complexity index is 369. The average Bonchev–Trinajstić information content (AvgIpc) is 3.07. The van der Waals surface area contributed by atoms with Gasteiger partial charge in [0, 0.05) is 23.5 Å². The molecule has 0 unspecified atom stereocenters. The minimum Gasteiger partial charge on any atom is -0.254 e. The Morgan fingerprint density at radius 3 is 1.55 bits per heavy atom. The van der Waals surface area contributed by atoms with E-state index in [1.54, 1.807) is 10.3 Å². The van der Waals surface area contributed by atoms with Gasteiger partial charge in [-0.05, 0) is 52.7 Å². The van der Waals surface area contributed by atoms with Gasteiger partial charge in [-0.3, -0.25) is 9.68 Å². The molecule has 2 N–H and O–H groups in total. The Morgan fingerprint density at radius 2 is 1.23 bits per heavy atom. The molecule has 0 atom stereocenters. The molecule has 0 saturated carbocycles. The molecule has 0 radical (unpaired) electrons. The zero-order valence-corrected chi connectivity index (χ0v) is 14.3. The third-order valence-corrected chi connectivity index (χ3v) is 3.78. The van der Waals surface area contributed by atoms with Crippen molar-refractivity contribution in [3.63, 3.8) is 0 Å². The number of hydrogen-bond acceptors (Lipinski definition) is 6. The number of unbranched alkanes of at least 4 members (excludes halogenated alkanes) is 1. The van der Waals surface area contributed by atoms with Crippen LogP contribution in [0.1, 0.15) is 53.4 Å². The van der Waals surface area contributed by atoms with Crippen molar-refractivity contribution in [3.8, 4) is 0 Å². The molecule has 6 heteroatoms. The summed E-state index contributed by atoms with van der Waals surface area (Å²) in [6.07, 6.45) is 12.4. The van der Waals surface area contributed by atoms with Crippen LogP contribution in [0.5, 0.6) is 0 Å². The Labute approximate surface area is 134 Å². The van der Waals surface area contributed by atoms with E-state index in [9.17, 15) is 0 Å². The lowest BCUT2D eigenvalue weighted by Crippen LogP contribution is -2.48. The van der Waals surface area contributed by atoms with Crippen molar-refractivity contribution in [3.05, 3.63) is 24.6 Å². The maximum atomic E-state index is 5.40. The zero-order chi connectivity index (χ0) is 16.1. The van der Waals surface area contributed by atoms with Gasteiger partial charge < -0.3 is 0 Å². The summed E-state index contributed by atoms with van der Waals surface area (Å²) in [6.45, 7) is 10.1. The Morgan fingerprint density at radius 1 is 0.818 bits per heavy atom. The van der Waals surface area contributed by atoms with Gasteiger partial charge in [0.1, 0.15) is 0 Å². The van der Waals surface area contributed by atoms with Crippen molar-refractivity contribution in [1.29, 1.82) is 0 Å². The van der Waals surface area contributed by atoms with E-state index >= 15 is 0 Å². The molecule has 2 heterocycles.